The van der Waals surface area contributed by atoms with E-state index in [1.54, 1.807) is 0 Å². The van der Waals surface area contributed by atoms with Crippen molar-refractivity contribution in [3.8, 4) is 0 Å². The van der Waals surface area contributed by atoms with Crippen LogP contribution < -0.4 is 16.0 Å². The Kier molecular flexibility index (Phi) is 3.51. The van der Waals surface area contributed by atoms with Crippen molar-refractivity contribution in [3.63, 3.8) is 0 Å². The number of urea groups is 1. The van der Waals surface area contributed by atoms with Crippen LogP contribution >= 0.6 is 0 Å². The minimum absolute atomic E-state index is 0.202. The van der Waals surface area contributed by atoms with Crippen molar-refractivity contribution in [3.05, 3.63) is 0 Å². The first-order chi connectivity index (χ1) is 8.59. The molecule has 18 heavy (non-hydrogen) atoms. The van der Waals surface area contributed by atoms with Crippen molar-refractivity contribution in [1.29, 1.82) is 0 Å². The van der Waals surface area contributed by atoms with E-state index in [-0.39, 0.29) is 18.4 Å². The number of nitrogens with one attached hydrogen (secondary N) is 3. The zero-order chi connectivity index (χ0) is 13.2. The van der Waals surface area contributed by atoms with E-state index in [1.165, 1.54) is 0 Å². The fraction of sp³-hybridized carbons (Fsp3) is 0.727. The molecule has 100 valence electrons. The molecular weight excluding hydrogens is 236 g/mol. The van der Waals surface area contributed by atoms with Gasteiger partial charge in [-0.3, -0.25) is 14.5 Å². The Morgan fingerprint density at radius 3 is 2.89 bits per heavy atom. The first-order valence-electron chi connectivity index (χ1n) is 6.20. The summed E-state index contributed by atoms with van der Waals surface area (Å²) in [6, 6.07) is -0.477. The predicted molar refractivity (Wildman–Crippen MR) is 63.8 cm³/mol. The standard InChI is InChI=1S/C11H18N4O3/c1-2-4-13-8(16)6-15-9(17)11(14-10(15)18)3-5-12-7-11/h12H,2-7H2,1H3,(H,13,16)(H,14,18). The van der Waals surface area contributed by atoms with Gasteiger partial charge in [0.2, 0.25) is 5.91 Å². The summed E-state index contributed by atoms with van der Waals surface area (Å²) in [6.45, 7) is 3.42. The van der Waals surface area contributed by atoms with Crippen molar-refractivity contribution in [2.24, 2.45) is 0 Å². The molecule has 1 atom stereocenters. The number of hydrogen-bond donors (Lipinski definition) is 3. The second kappa shape index (κ2) is 4.93. The summed E-state index contributed by atoms with van der Waals surface area (Å²) in [5, 5.41) is 8.39. The molecule has 0 aliphatic carbocycles. The molecule has 2 aliphatic heterocycles. The van der Waals surface area contributed by atoms with Crippen LogP contribution in [0, 0.1) is 0 Å². The minimum Gasteiger partial charge on any atom is -0.355 e. The van der Waals surface area contributed by atoms with E-state index in [1.807, 2.05) is 6.92 Å². The third-order valence-corrected chi connectivity index (χ3v) is 3.28. The number of carbonyl (C=O) groups is 3. The van der Waals surface area contributed by atoms with Gasteiger partial charge in [-0.1, -0.05) is 6.92 Å². The molecule has 2 aliphatic rings. The van der Waals surface area contributed by atoms with E-state index in [4.69, 9.17) is 0 Å². The van der Waals surface area contributed by atoms with Crippen LogP contribution in [0.1, 0.15) is 19.8 Å². The quantitative estimate of drug-likeness (QED) is 0.549. The Hall–Kier alpha value is -1.63. The summed E-state index contributed by atoms with van der Waals surface area (Å²) in [5.74, 6) is -0.604. The first kappa shape index (κ1) is 12.8. The van der Waals surface area contributed by atoms with Crippen LogP contribution in [0.4, 0.5) is 4.79 Å². The highest BCUT2D eigenvalue weighted by Crippen LogP contribution is 2.23. The average Bonchev–Trinajstić information content (AvgIpc) is 2.89. The van der Waals surface area contributed by atoms with Crippen LogP contribution in [-0.2, 0) is 9.59 Å². The maximum Gasteiger partial charge on any atom is 0.325 e. The van der Waals surface area contributed by atoms with E-state index in [2.05, 4.69) is 16.0 Å². The lowest BCUT2D eigenvalue weighted by molar-refractivity contribution is -0.134. The van der Waals surface area contributed by atoms with Gasteiger partial charge in [0.25, 0.3) is 5.91 Å². The highest BCUT2D eigenvalue weighted by Gasteiger charge is 2.52. The molecule has 0 aromatic rings. The zero-order valence-corrected chi connectivity index (χ0v) is 10.4. The van der Waals surface area contributed by atoms with Crippen molar-refractivity contribution in [2.45, 2.75) is 25.3 Å². The average molecular weight is 254 g/mol. The molecule has 1 spiro atoms. The molecule has 0 radical (unpaired) electrons. The molecule has 1 unspecified atom stereocenters. The van der Waals surface area contributed by atoms with Gasteiger partial charge >= 0.3 is 6.03 Å². The van der Waals surface area contributed by atoms with Gasteiger partial charge < -0.3 is 16.0 Å². The van der Waals surface area contributed by atoms with Crippen LogP contribution in [0.2, 0.25) is 0 Å². The molecule has 3 N–H and O–H groups in total. The second-order valence-electron chi connectivity index (χ2n) is 4.68. The predicted octanol–water partition coefficient (Wildman–Crippen LogP) is -1.20. The number of rotatable bonds is 4. The van der Waals surface area contributed by atoms with Crippen molar-refractivity contribution >= 4 is 17.8 Å². The number of nitrogens with zero attached hydrogens (tertiary/aromatic N) is 1. The van der Waals surface area contributed by atoms with Crippen molar-refractivity contribution in [1.82, 2.24) is 20.9 Å². The summed E-state index contributed by atoms with van der Waals surface area (Å²) >= 11 is 0. The Labute approximate surface area is 105 Å². The smallest absolute Gasteiger partial charge is 0.325 e. The number of hydrogen-bond acceptors (Lipinski definition) is 4. The Bertz CT molecular complexity index is 376. The van der Waals surface area contributed by atoms with E-state index in [9.17, 15) is 14.4 Å². The summed E-state index contributed by atoms with van der Waals surface area (Å²) in [5.41, 5.74) is -0.831. The molecule has 2 rings (SSSR count). The third-order valence-electron chi connectivity index (χ3n) is 3.28. The topological polar surface area (TPSA) is 90.5 Å². The monoisotopic (exact) mass is 254 g/mol. The van der Waals surface area contributed by atoms with E-state index < -0.39 is 11.6 Å². The normalized spacial score (nSPS) is 26.8. The Morgan fingerprint density at radius 2 is 2.28 bits per heavy atom. The highest BCUT2D eigenvalue weighted by atomic mass is 16.2. The molecule has 0 aromatic carbocycles. The van der Waals surface area contributed by atoms with Gasteiger partial charge in [0.1, 0.15) is 12.1 Å². The number of imide groups is 1. The summed E-state index contributed by atoms with van der Waals surface area (Å²) in [6.07, 6.45) is 1.39. The fourth-order valence-electron chi connectivity index (χ4n) is 2.26. The molecular formula is C11H18N4O3. The largest absolute Gasteiger partial charge is 0.355 e. The van der Waals surface area contributed by atoms with E-state index >= 15 is 0 Å². The van der Waals surface area contributed by atoms with Gasteiger partial charge in [0.15, 0.2) is 0 Å². The molecule has 2 fully saturated rings. The SMILES string of the molecule is CCCNC(=O)CN1C(=O)NC2(CCNC2)C1=O. The van der Waals surface area contributed by atoms with Crippen LogP contribution in [0.3, 0.4) is 0 Å². The third kappa shape index (κ3) is 2.17. The lowest BCUT2D eigenvalue weighted by atomic mass is 9.99. The van der Waals surface area contributed by atoms with Crippen LogP contribution in [0.15, 0.2) is 0 Å². The zero-order valence-electron chi connectivity index (χ0n) is 10.4. The Morgan fingerprint density at radius 1 is 1.50 bits per heavy atom. The molecule has 2 saturated heterocycles. The molecule has 0 saturated carbocycles. The van der Waals surface area contributed by atoms with Gasteiger partial charge in [-0.2, -0.15) is 0 Å². The van der Waals surface area contributed by atoms with Crippen molar-refractivity contribution < 1.29 is 14.4 Å². The van der Waals surface area contributed by atoms with Gasteiger partial charge in [0.05, 0.1) is 0 Å². The maximum atomic E-state index is 12.2. The first-order valence-corrected chi connectivity index (χ1v) is 6.20. The highest BCUT2D eigenvalue weighted by molar-refractivity contribution is 6.09. The molecule has 2 heterocycles. The molecule has 0 aromatic heterocycles. The van der Waals surface area contributed by atoms with Gasteiger partial charge in [0, 0.05) is 13.1 Å². The van der Waals surface area contributed by atoms with Gasteiger partial charge in [-0.05, 0) is 19.4 Å². The number of carbonyl (C=O) groups excluding carboxylic acids is 3. The van der Waals surface area contributed by atoms with E-state index in [0.717, 1.165) is 11.3 Å². The maximum absolute atomic E-state index is 12.2. The van der Waals surface area contributed by atoms with Crippen molar-refractivity contribution in [2.75, 3.05) is 26.2 Å². The lowest BCUT2D eigenvalue weighted by Crippen LogP contribution is -2.49. The summed E-state index contributed by atoms with van der Waals surface area (Å²) < 4.78 is 0. The Balaban J connectivity index is 1.99. The lowest BCUT2D eigenvalue weighted by Gasteiger charge is -2.19. The fourth-order valence-corrected chi connectivity index (χ4v) is 2.26. The van der Waals surface area contributed by atoms with E-state index in [0.29, 0.717) is 26.1 Å². The van der Waals surface area contributed by atoms with Crippen LogP contribution in [0.25, 0.3) is 0 Å². The molecule has 7 nitrogen and oxygen atoms in total. The number of amides is 4. The minimum atomic E-state index is -0.831. The summed E-state index contributed by atoms with van der Waals surface area (Å²) in [7, 11) is 0. The molecule has 0 bridgehead atoms. The molecule has 7 heteroatoms. The second-order valence-corrected chi connectivity index (χ2v) is 4.68. The van der Waals surface area contributed by atoms with Crippen LogP contribution in [0.5, 0.6) is 0 Å². The van der Waals surface area contributed by atoms with Gasteiger partial charge in [-0.15, -0.1) is 0 Å². The molecule has 4 amide bonds. The summed E-state index contributed by atoms with van der Waals surface area (Å²) in [4.78, 5) is 36.5. The van der Waals surface area contributed by atoms with Crippen LogP contribution in [-0.4, -0.2) is 54.5 Å². The van der Waals surface area contributed by atoms with Gasteiger partial charge in [-0.25, -0.2) is 4.79 Å².